The number of rotatable bonds is 3. The van der Waals surface area contributed by atoms with Gasteiger partial charge in [0.2, 0.25) is 0 Å². The zero-order valence-corrected chi connectivity index (χ0v) is 15.6. The van der Waals surface area contributed by atoms with Gasteiger partial charge in [-0.3, -0.25) is 9.89 Å². The highest BCUT2D eigenvalue weighted by molar-refractivity contribution is 6.01. The summed E-state index contributed by atoms with van der Waals surface area (Å²) in [6.45, 7) is 6.61. The first-order valence-electron chi connectivity index (χ1n) is 9.46. The van der Waals surface area contributed by atoms with Crippen LogP contribution in [-0.2, 0) is 4.74 Å². The Morgan fingerprint density at radius 2 is 1.92 bits per heavy atom. The monoisotopic (exact) mass is 343 g/mol. The second-order valence-electron chi connectivity index (χ2n) is 7.98. The van der Waals surface area contributed by atoms with Gasteiger partial charge in [0, 0.05) is 30.1 Å². The number of aliphatic imine (C=N–C) groups is 1. The lowest BCUT2D eigenvalue weighted by Crippen LogP contribution is -2.45. The summed E-state index contributed by atoms with van der Waals surface area (Å²) < 4.78 is 5.66. The van der Waals surface area contributed by atoms with E-state index in [0.29, 0.717) is 5.82 Å². The third-order valence-electron chi connectivity index (χ3n) is 4.73. The summed E-state index contributed by atoms with van der Waals surface area (Å²) in [5.74, 6) is 0.684. The number of carbonyl (C=O) groups is 1. The van der Waals surface area contributed by atoms with E-state index in [2.05, 4.69) is 9.98 Å². The fourth-order valence-electron chi connectivity index (χ4n) is 3.55. The fraction of sp³-hybridized carbons (Fsp3) is 0.650. The van der Waals surface area contributed by atoms with Crippen LogP contribution in [0.25, 0.3) is 0 Å². The number of amides is 1. The summed E-state index contributed by atoms with van der Waals surface area (Å²) in [5.41, 5.74) is 1.68. The molecule has 1 aromatic rings. The molecule has 1 amide bonds. The Balaban J connectivity index is 1.83. The average molecular weight is 343 g/mol. The molecule has 2 aliphatic rings. The SMILES string of the molecule is CC(C)(C)OC(=O)N(c1ccc(C2=NCCC2)cn1)C1CCCCC1. The quantitative estimate of drug-likeness (QED) is 0.796. The van der Waals surface area contributed by atoms with Crippen LogP contribution in [0.5, 0.6) is 0 Å². The summed E-state index contributed by atoms with van der Waals surface area (Å²) in [4.78, 5) is 23.7. The van der Waals surface area contributed by atoms with Gasteiger partial charge < -0.3 is 4.74 Å². The van der Waals surface area contributed by atoms with Crippen LogP contribution in [-0.4, -0.2) is 35.0 Å². The zero-order valence-electron chi connectivity index (χ0n) is 15.6. The van der Waals surface area contributed by atoms with E-state index in [1.165, 1.54) is 6.42 Å². The summed E-state index contributed by atoms with van der Waals surface area (Å²) in [6, 6.07) is 4.15. The van der Waals surface area contributed by atoms with E-state index in [-0.39, 0.29) is 12.1 Å². The normalized spacial score (nSPS) is 18.8. The molecule has 5 nitrogen and oxygen atoms in total. The molecule has 136 valence electrons. The third kappa shape index (κ3) is 4.59. The number of carbonyl (C=O) groups excluding carboxylic acids is 1. The van der Waals surface area contributed by atoms with Crippen molar-refractivity contribution in [2.45, 2.75) is 77.4 Å². The number of ether oxygens (including phenoxy) is 1. The van der Waals surface area contributed by atoms with Crippen molar-refractivity contribution in [3.8, 4) is 0 Å². The molecule has 1 aliphatic carbocycles. The maximum Gasteiger partial charge on any atom is 0.416 e. The van der Waals surface area contributed by atoms with Gasteiger partial charge in [0.15, 0.2) is 0 Å². The van der Waals surface area contributed by atoms with Gasteiger partial charge in [0.1, 0.15) is 11.4 Å². The molecule has 3 rings (SSSR count). The van der Waals surface area contributed by atoms with Gasteiger partial charge in [-0.25, -0.2) is 9.78 Å². The molecule has 0 spiro atoms. The molecule has 25 heavy (non-hydrogen) atoms. The Labute approximate surface area is 150 Å². The number of hydrogen-bond donors (Lipinski definition) is 0. The Morgan fingerprint density at radius 1 is 1.16 bits per heavy atom. The van der Waals surface area contributed by atoms with Crippen molar-refractivity contribution < 1.29 is 9.53 Å². The zero-order chi connectivity index (χ0) is 17.9. The average Bonchev–Trinajstić information content (AvgIpc) is 3.09. The third-order valence-corrected chi connectivity index (χ3v) is 4.73. The maximum atomic E-state index is 12.8. The first-order chi connectivity index (χ1) is 11.9. The van der Waals surface area contributed by atoms with E-state index in [1.807, 2.05) is 39.1 Å². The molecule has 0 radical (unpaired) electrons. The van der Waals surface area contributed by atoms with E-state index in [0.717, 1.165) is 56.3 Å². The van der Waals surface area contributed by atoms with Gasteiger partial charge >= 0.3 is 6.09 Å². The van der Waals surface area contributed by atoms with E-state index >= 15 is 0 Å². The minimum atomic E-state index is -0.511. The van der Waals surface area contributed by atoms with Gasteiger partial charge in [-0.2, -0.15) is 0 Å². The van der Waals surface area contributed by atoms with Crippen LogP contribution >= 0.6 is 0 Å². The highest BCUT2D eigenvalue weighted by atomic mass is 16.6. The molecule has 1 aliphatic heterocycles. The number of aromatic nitrogens is 1. The van der Waals surface area contributed by atoms with Crippen molar-refractivity contribution >= 4 is 17.6 Å². The van der Waals surface area contributed by atoms with Crippen LogP contribution in [0.4, 0.5) is 10.6 Å². The molecule has 0 atom stereocenters. The summed E-state index contributed by atoms with van der Waals surface area (Å²) in [7, 11) is 0. The summed E-state index contributed by atoms with van der Waals surface area (Å²) in [6.07, 6.45) is 9.24. The molecular weight excluding hydrogens is 314 g/mol. The maximum absolute atomic E-state index is 12.8. The first-order valence-corrected chi connectivity index (χ1v) is 9.46. The van der Waals surface area contributed by atoms with E-state index in [4.69, 9.17) is 4.74 Å². The second kappa shape index (κ2) is 7.54. The van der Waals surface area contributed by atoms with Crippen molar-refractivity contribution in [3.05, 3.63) is 23.9 Å². The Morgan fingerprint density at radius 3 is 2.48 bits per heavy atom. The second-order valence-corrected chi connectivity index (χ2v) is 7.98. The van der Waals surface area contributed by atoms with Gasteiger partial charge in [0.25, 0.3) is 0 Å². The van der Waals surface area contributed by atoms with E-state index < -0.39 is 5.60 Å². The van der Waals surface area contributed by atoms with Crippen LogP contribution in [0.1, 0.15) is 71.3 Å². The van der Waals surface area contributed by atoms with E-state index in [1.54, 1.807) is 4.90 Å². The minimum absolute atomic E-state index is 0.172. The van der Waals surface area contributed by atoms with Crippen molar-refractivity contribution in [2.75, 3.05) is 11.4 Å². The molecule has 2 heterocycles. The molecule has 0 N–H and O–H groups in total. The highest BCUT2D eigenvalue weighted by Crippen LogP contribution is 2.28. The Bertz CT molecular complexity index is 625. The van der Waals surface area contributed by atoms with Crippen LogP contribution < -0.4 is 4.90 Å². The molecule has 0 bridgehead atoms. The topological polar surface area (TPSA) is 54.8 Å². The lowest BCUT2D eigenvalue weighted by molar-refractivity contribution is 0.0556. The summed E-state index contributed by atoms with van der Waals surface area (Å²) >= 11 is 0. The van der Waals surface area contributed by atoms with Crippen LogP contribution in [0.2, 0.25) is 0 Å². The van der Waals surface area contributed by atoms with Gasteiger partial charge in [-0.05, 0) is 58.6 Å². The summed E-state index contributed by atoms with van der Waals surface area (Å²) in [5, 5.41) is 0. The molecule has 0 aromatic carbocycles. The molecule has 0 unspecified atom stereocenters. The van der Waals surface area contributed by atoms with Crippen molar-refractivity contribution in [1.82, 2.24) is 4.98 Å². The molecule has 1 aromatic heterocycles. The largest absolute Gasteiger partial charge is 0.443 e. The number of nitrogens with zero attached hydrogens (tertiary/aromatic N) is 3. The van der Waals surface area contributed by atoms with Gasteiger partial charge in [0.05, 0.1) is 0 Å². The lowest BCUT2D eigenvalue weighted by atomic mass is 9.94. The molecule has 1 saturated carbocycles. The standard InChI is InChI=1S/C20H29N3O2/c1-20(2,3)25-19(24)23(16-8-5-4-6-9-16)18-12-11-15(14-22-18)17-10-7-13-21-17/h11-12,14,16H,4-10,13H2,1-3H3. The molecule has 0 saturated heterocycles. The molecular formula is C20H29N3O2. The fourth-order valence-corrected chi connectivity index (χ4v) is 3.55. The predicted octanol–water partition coefficient (Wildman–Crippen LogP) is 4.74. The van der Waals surface area contributed by atoms with Gasteiger partial charge in [-0.15, -0.1) is 0 Å². The number of anilines is 1. The lowest BCUT2D eigenvalue weighted by Gasteiger charge is -2.34. The van der Waals surface area contributed by atoms with Crippen molar-refractivity contribution in [2.24, 2.45) is 4.99 Å². The first kappa shape index (κ1) is 17.9. The molecule has 1 fully saturated rings. The number of hydrogen-bond acceptors (Lipinski definition) is 4. The molecule has 5 heteroatoms. The number of pyridine rings is 1. The van der Waals surface area contributed by atoms with Crippen LogP contribution in [0, 0.1) is 0 Å². The smallest absolute Gasteiger partial charge is 0.416 e. The Kier molecular flexibility index (Phi) is 5.40. The van der Waals surface area contributed by atoms with Crippen LogP contribution in [0.3, 0.4) is 0 Å². The predicted molar refractivity (Wildman–Crippen MR) is 100 cm³/mol. The van der Waals surface area contributed by atoms with Crippen LogP contribution in [0.15, 0.2) is 23.3 Å². The van der Waals surface area contributed by atoms with Crippen molar-refractivity contribution in [3.63, 3.8) is 0 Å². The highest BCUT2D eigenvalue weighted by Gasteiger charge is 2.31. The van der Waals surface area contributed by atoms with Gasteiger partial charge in [-0.1, -0.05) is 19.3 Å². The van der Waals surface area contributed by atoms with Crippen molar-refractivity contribution in [1.29, 1.82) is 0 Å². The van der Waals surface area contributed by atoms with E-state index in [9.17, 15) is 4.79 Å². The Hall–Kier alpha value is -1.91. The minimum Gasteiger partial charge on any atom is -0.443 e.